The van der Waals surface area contributed by atoms with Gasteiger partial charge in [0.05, 0.1) is 5.69 Å². The molecule has 1 aromatic heterocycles. The molecule has 0 saturated carbocycles. The number of nitrogens with two attached hydrogens (primary N) is 1. The summed E-state index contributed by atoms with van der Waals surface area (Å²) in [5.41, 5.74) is 9.31. The van der Waals surface area contributed by atoms with Crippen molar-refractivity contribution < 1.29 is 4.79 Å². The quantitative estimate of drug-likeness (QED) is 0.854. The van der Waals surface area contributed by atoms with Crippen LogP contribution in [0.25, 0.3) is 0 Å². The molecule has 2 aliphatic heterocycles. The van der Waals surface area contributed by atoms with Gasteiger partial charge in [0, 0.05) is 24.8 Å². The van der Waals surface area contributed by atoms with E-state index in [0.29, 0.717) is 5.69 Å². The number of rotatable bonds is 2. The number of pyridine rings is 1. The minimum absolute atomic E-state index is 0.182. The minimum Gasteiger partial charge on any atom is -0.371 e. The average molecular weight is 274 g/mol. The number of primary amides is 1. The SMILES string of the molecule is C[C@@H]1NCCc2c(N3CCCCC3)cc(C(N)=O)nc21. The molecule has 0 radical (unpaired) electrons. The zero-order valence-corrected chi connectivity index (χ0v) is 12.0. The van der Waals surface area contributed by atoms with E-state index in [1.165, 1.54) is 30.5 Å². The van der Waals surface area contributed by atoms with Crippen LogP contribution in [0.2, 0.25) is 0 Å². The van der Waals surface area contributed by atoms with Gasteiger partial charge in [-0.05, 0) is 50.8 Å². The number of hydrogen-bond donors (Lipinski definition) is 2. The van der Waals surface area contributed by atoms with E-state index < -0.39 is 5.91 Å². The lowest BCUT2D eigenvalue weighted by molar-refractivity contribution is 0.0995. The van der Waals surface area contributed by atoms with Gasteiger partial charge < -0.3 is 16.0 Å². The fourth-order valence-corrected chi connectivity index (χ4v) is 3.25. The van der Waals surface area contributed by atoms with Crippen LogP contribution in [-0.2, 0) is 6.42 Å². The van der Waals surface area contributed by atoms with Gasteiger partial charge in [-0.2, -0.15) is 0 Å². The Morgan fingerprint density at radius 3 is 2.85 bits per heavy atom. The number of nitrogens with one attached hydrogen (secondary N) is 1. The second-order valence-corrected chi connectivity index (χ2v) is 5.73. The van der Waals surface area contributed by atoms with Crippen molar-refractivity contribution in [3.8, 4) is 0 Å². The molecule has 5 heteroatoms. The van der Waals surface area contributed by atoms with Crippen LogP contribution in [-0.4, -0.2) is 30.5 Å². The maximum Gasteiger partial charge on any atom is 0.267 e. The number of aromatic nitrogens is 1. The van der Waals surface area contributed by atoms with Gasteiger partial charge in [0.15, 0.2) is 0 Å². The van der Waals surface area contributed by atoms with Gasteiger partial charge in [-0.1, -0.05) is 0 Å². The van der Waals surface area contributed by atoms with Gasteiger partial charge in [0.2, 0.25) is 0 Å². The first-order valence-corrected chi connectivity index (χ1v) is 7.49. The molecule has 1 aromatic rings. The van der Waals surface area contributed by atoms with Crippen molar-refractivity contribution in [2.45, 2.75) is 38.6 Å². The van der Waals surface area contributed by atoms with Crippen LogP contribution in [0.4, 0.5) is 5.69 Å². The highest BCUT2D eigenvalue weighted by Gasteiger charge is 2.25. The molecule has 5 nitrogen and oxygen atoms in total. The summed E-state index contributed by atoms with van der Waals surface area (Å²) in [4.78, 5) is 18.4. The molecule has 2 aliphatic rings. The smallest absolute Gasteiger partial charge is 0.267 e. The summed E-state index contributed by atoms with van der Waals surface area (Å²) < 4.78 is 0. The van der Waals surface area contributed by atoms with Crippen LogP contribution in [0.3, 0.4) is 0 Å². The predicted molar refractivity (Wildman–Crippen MR) is 78.9 cm³/mol. The lowest BCUT2D eigenvalue weighted by atomic mass is 9.96. The maximum atomic E-state index is 11.5. The topological polar surface area (TPSA) is 71.2 Å². The van der Waals surface area contributed by atoms with Gasteiger partial charge in [0.25, 0.3) is 5.91 Å². The lowest BCUT2D eigenvalue weighted by Gasteiger charge is -2.34. The van der Waals surface area contributed by atoms with E-state index in [2.05, 4.69) is 22.1 Å². The van der Waals surface area contributed by atoms with Crippen LogP contribution in [0.1, 0.15) is 54.0 Å². The van der Waals surface area contributed by atoms with Crippen LogP contribution in [0.15, 0.2) is 6.07 Å². The highest BCUT2D eigenvalue weighted by Crippen LogP contribution is 2.32. The van der Waals surface area contributed by atoms with E-state index >= 15 is 0 Å². The van der Waals surface area contributed by atoms with Gasteiger partial charge >= 0.3 is 0 Å². The van der Waals surface area contributed by atoms with Crippen molar-refractivity contribution in [2.75, 3.05) is 24.5 Å². The second kappa shape index (κ2) is 5.40. The molecule has 0 aromatic carbocycles. The summed E-state index contributed by atoms with van der Waals surface area (Å²) in [6.07, 6.45) is 4.70. The van der Waals surface area contributed by atoms with Crippen molar-refractivity contribution in [1.29, 1.82) is 0 Å². The molecule has 1 saturated heterocycles. The number of nitrogens with zero attached hydrogens (tertiary/aromatic N) is 2. The number of carbonyl (C=O) groups is 1. The third-order valence-corrected chi connectivity index (χ3v) is 4.32. The van der Waals surface area contributed by atoms with Crippen LogP contribution in [0.5, 0.6) is 0 Å². The zero-order valence-electron chi connectivity index (χ0n) is 12.0. The van der Waals surface area contributed by atoms with Gasteiger partial charge in [-0.25, -0.2) is 4.98 Å². The van der Waals surface area contributed by atoms with Crippen LogP contribution < -0.4 is 16.0 Å². The molecule has 3 rings (SSSR count). The summed E-state index contributed by atoms with van der Waals surface area (Å²) in [7, 11) is 0. The third-order valence-electron chi connectivity index (χ3n) is 4.32. The number of anilines is 1. The molecule has 1 fully saturated rings. The van der Waals surface area contributed by atoms with Gasteiger partial charge in [-0.15, -0.1) is 0 Å². The molecule has 0 bridgehead atoms. The monoisotopic (exact) mass is 274 g/mol. The Balaban J connectivity index is 2.08. The fourth-order valence-electron chi connectivity index (χ4n) is 3.25. The summed E-state index contributed by atoms with van der Waals surface area (Å²) >= 11 is 0. The van der Waals surface area contributed by atoms with Gasteiger partial charge in [0.1, 0.15) is 5.69 Å². The zero-order chi connectivity index (χ0) is 14.1. The first kappa shape index (κ1) is 13.4. The first-order chi connectivity index (χ1) is 9.66. The highest BCUT2D eigenvalue weighted by atomic mass is 16.1. The van der Waals surface area contributed by atoms with Crippen molar-refractivity contribution >= 4 is 11.6 Å². The Morgan fingerprint density at radius 1 is 1.40 bits per heavy atom. The second-order valence-electron chi connectivity index (χ2n) is 5.73. The minimum atomic E-state index is -0.441. The van der Waals surface area contributed by atoms with Crippen LogP contribution >= 0.6 is 0 Å². The molecular formula is C15H22N4O. The van der Waals surface area contributed by atoms with E-state index in [-0.39, 0.29) is 6.04 Å². The largest absolute Gasteiger partial charge is 0.371 e. The lowest BCUT2D eigenvalue weighted by Crippen LogP contribution is -2.35. The molecule has 108 valence electrons. The van der Waals surface area contributed by atoms with Gasteiger partial charge in [-0.3, -0.25) is 4.79 Å². The Labute approximate surface area is 119 Å². The molecular weight excluding hydrogens is 252 g/mol. The Kier molecular flexibility index (Phi) is 3.61. The maximum absolute atomic E-state index is 11.5. The molecule has 20 heavy (non-hydrogen) atoms. The summed E-state index contributed by atoms with van der Waals surface area (Å²) in [6, 6.07) is 2.08. The molecule has 0 unspecified atom stereocenters. The third kappa shape index (κ3) is 2.38. The highest BCUT2D eigenvalue weighted by molar-refractivity contribution is 5.92. The summed E-state index contributed by atoms with van der Waals surface area (Å²) in [5, 5.41) is 3.40. The Hall–Kier alpha value is -1.62. The number of piperidine rings is 1. The Bertz CT molecular complexity index is 523. The number of hydrogen-bond acceptors (Lipinski definition) is 4. The Morgan fingerprint density at radius 2 is 2.15 bits per heavy atom. The standard InChI is InChI=1S/C15H22N4O/c1-10-14-11(5-6-17-10)13(9-12(18-14)15(16)20)19-7-3-2-4-8-19/h9-10,17H,2-8H2,1H3,(H2,16,20)/t10-/m0/s1. The predicted octanol–water partition coefficient (Wildman–Crippen LogP) is 1.38. The molecule has 1 atom stereocenters. The number of fused-ring (bicyclic) bond motifs is 1. The van der Waals surface area contributed by atoms with Crippen molar-refractivity contribution in [3.05, 3.63) is 23.0 Å². The summed E-state index contributed by atoms with van der Waals surface area (Å²) in [5.74, 6) is -0.441. The normalized spacial score (nSPS) is 22.4. The van der Waals surface area contributed by atoms with Crippen molar-refractivity contribution in [3.63, 3.8) is 0 Å². The van der Waals surface area contributed by atoms with Crippen LogP contribution in [0, 0.1) is 0 Å². The molecule has 3 N–H and O–H groups in total. The summed E-state index contributed by atoms with van der Waals surface area (Å²) in [6.45, 7) is 5.19. The molecule has 3 heterocycles. The number of amides is 1. The van der Waals surface area contributed by atoms with E-state index in [1.807, 2.05) is 6.07 Å². The van der Waals surface area contributed by atoms with Crippen molar-refractivity contribution in [2.24, 2.45) is 5.73 Å². The molecule has 0 spiro atoms. The fraction of sp³-hybridized carbons (Fsp3) is 0.600. The van der Waals surface area contributed by atoms with E-state index in [4.69, 9.17) is 5.73 Å². The van der Waals surface area contributed by atoms with E-state index in [0.717, 1.165) is 31.7 Å². The van der Waals surface area contributed by atoms with Crippen molar-refractivity contribution in [1.82, 2.24) is 10.3 Å². The number of carbonyl (C=O) groups excluding carboxylic acids is 1. The first-order valence-electron chi connectivity index (χ1n) is 7.49. The molecule has 1 amide bonds. The van der Waals surface area contributed by atoms with E-state index in [9.17, 15) is 4.79 Å². The molecule has 0 aliphatic carbocycles. The van der Waals surface area contributed by atoms with E-state index in [1.54, 1.807) is 0 Å². The average Bonchev–Trinajstić information content (AvgIpc) is 2.47.